The van der Waals surface area contributed by atoms with E-state index in [1.807, 2.05) is 37.3 Å². The van der Waals surface area contributed by atoms with Gasteiger partial charge >= 0.3 is 12.1 Å². The van der Waals surface area contributed by atoms with E-state index in [2.05, 4.69) is 16.0 Å². The Labute approximate surface area is 204 Å². The van der Waals surface area contributed by atoms with E-state index < -0.39 is 42.5 Å². The number of carbonyl (C=O) groups is 4. The van der Waals surface area contributed by atoms with Crippen LogP contribution in [-0.4, -0.2) is 54.7 Å². The van der Waals surface area contributed by atoms with Crippen LogP contribution in [0, 0.1) is 0 Å². The van der Waals surface area contributed by atoms with Crippen molar-refractivity contribution in [3.63, 3.8) is 0 Å². The highest BCUT2D eigenvalue weighted by Crippen LogP contribution is 2.12. The van der Waals surface area contributed by atoms with Gasteiger partial charge in [0.25, 0.3) is 0 Å². The number of benzene rings is 2. The first-order valence-corrected chi connectivity index (χ1v) is 11.2. The summed E-state index contributed by atoms with van der Waals surface area (Å²) in [5.74, 6) is -1.72. The molecule has 0 heterocycles. The van der Waals surface area contributed by atoms with Gasteiger partial charge in [0, 0.05) is 6.42 Å². The fourth-order valence-corrected chi connectivity index (χ4v) is 3.20. The number of methoxy groups -OCH3 is 1. The van der Waals surface area contributed by atoms with Crippen molar-refractivity contribution in [2.75, 3.05) is 13.7 Å². The number of alkyl carbamates (subject to hydrolysis) is 1. The minimum Gasteiger partial charge on any atom is -0.508 e. The van der Waals surface area contributed by atoms with Gasteiger partial charge in [0.05, 0.1) is 13.7 Å². The third-order valence-electron chi connectivity index (χ3n) is 5.02. The van der Waals surface area contributed by atoms with E-state index in [0.29, 0.717) is 18.4 Å². The molecule has 0 radical (unpaired) electrons. The third-order valence-corrected chi connectivity index (χ3v) is 5.02. The smallest absolute Gasteiger partial charge is 0.408 e. The topological polar surface area (TPSA) is 143 Å². The zero-order chi connectivity index (χ0) is 25.6. The van der Waals surface area contributed by atoms with Crippen molar-refractivity contribution in [2.24, 2.45) is 0 Å². The Morgan fingerprint density at radius 2 is 1.60 bits per heavy atom. The lowest BCUT2D eigenvalue weighted by Crippen LogP contribution is -2.51. The highest BCUT2D eigenvalue weighted by molar-refractivity contribution is 5.91. The summed E-state index contributed by atoms with van der Waals surface area (Å²) in [6, 6.07) is 13.4. The molecule has 2 rings (SSSR count). The Balaban J connectivity index is 1.86. The summed E-state index contributed by atoms with van der Waals surface area (Å²) in [5.41, 5.74) is 1.51. The van der Waals surface area contributed by atoms with Crippen LogP contribution in [0.1, 0.15) is 30.9 Å². The minimum absolute atomic E-state index is 0.0610. The lowest BCUT2D eigenvalue weighted by atomic mass is 10.1. The number of hydrogen-bond acceptors (Lipinski definition) is 7. The number of phenols is 1. The predicted octanol–water partition coefficient (Wildman–Crippen LogP) is 1.80. The second-order valence-electron chi connectivity index (χ2n) is 7.78. The monoisotopic (exact) mass is 485 g/mol. The number of nitrogens with one attached hydrogen (secondary N) is 3. The van der Waals surface area contributed by atoms with Crippen LogP contribution < -0.4 is 16.0 Å². The number of aromatic hydroxyl groups is 1. The van der Waals surface area contributed by atoms with Crippen LogP contribution in [0.25, 0.3) is 0 Å². The van der Waals surface area contributed by atoms with Crippen molar-refractivity contribution < 1.29 is 33.8 Å². The van der Waals surface area contributed by atoms with E-state index in [0.717, 1.165) is 5.56 Å². The van der Waals surface area contributed by atoms with Gasteiger partial charge in [-0.1, -0.05) is 55.8 Å². The molecule has 4 N–H and O–H groups in total. The van der Waals surface area contributed by atoms with Gasteiger partial charge in [-0.05, 0) is 29.7 Å². The molecule has 0 bridgehead atoms. The quantitative estimate of drug-likeness (QED) is 0.336. The molecular formula is C25H31N3O7. The van der Waals surface area contributed by atoms with Gasteiger partial charge in [-0.25, -0.2) is 9.59 Å². The van der Waals surface area contributed by atoms with Crippen molar-refractivity contribution in [2.45, 2.75) is 44.9 Å². The van der Waals surface area contributed by atoms with Crippen LogP contribution in [0.5, 0.6) is 5.75 Å². The molecule has 35 heavy (non-hydrogen) atoms. The average molecular weight is 486 g/mol. The first-order valence-electron chi connectivity index (χ1n) is 11.2. The van der Waals surface area contributed by atoms with Gasteiger partial charge in [0.15, 0.2) is 0 Å². The lowest BCUT2D eigenvalue weighted by Gasteiger charge is -2.19. The summed E-state index contributed by atoms with van der Waals surface area (Å²) in [4.78, 5) is 49.2. The Bertz CT molecular complexity index is 980. The van der Waals surface area contributed by atoms with E-state index in [1.165, 1.54) is 19.2 Å². The fraction of sp³-hybridized carbons (Fsp3) is 0.360. The van der Waals surface area contributed by atoms with Crippen LogP contribution in [-0.2, 0) is 36.9 Å². The van der Waals surface area contributed by atoms with Crippen molar-refractivity contribution in [1.82, 2.24) is 16.0 Å². The highest BCUT2D eigenvalue weighted by Gasteiger charge is 2.24. The molecule has 0 aliphatic carbocycles. The van der Waals surface area contributed by atoms with Crippen LogP contribution >= 0.6 is 0 Å². The van der Waals surface area contributed by atoms with Crippen LogP contribution in [0.15, 0.2) is 54.6 Å². The van der Waals surface area contributed by atoms with Crippen LogP contribution in [0.4, 0.5) is 4.79 Å². The summed E-state index contributed by atoms with van der Waals surface area (Å²) < 4.78 is 9.91. The van der Waals surface area contributed by atoms with Gasteiger partial charge in [-0.3, -0.25) is 9.59 Å². The number of hydrogen-bond donors (Lipinski definition) is 4. The Morgan fingerprint density at radius 3 is 2.23 bits per heavy atom. The average Bonchev–Trinajstić information content (AvgIpc) is 2.86. The summed E-state index contributed by atoms with van der Waals surface area (Å²) in [7, 11) is 1.21. The van der Waals surface area contributed by atoms with Gasteiger partial charge in [-0.15, -0.1) is 0 Å². The van der Waals surface area contributed by atoms with Gasteiger partial charge in [0.1, 0.15) is 24.4 Å². The standard InChI is InChI=1S/C25H31N3O7/c1-3-7-20(28-25(33)35-16-18-8-5-4-6-9-18)23(31)26-15-22(30)27-21(24(32)34-2)14-17-10-12-19(29)13-11-17/h4-6,8-13,20-21,29H,3,7,14-16H2,1-2H3,(H,26,31)(H,27,30)(H,28,33)/t20-,21-/m0/s1. The van der Waals surface area contributed by atoms with Gasteiger partial charge in [0.2, 0.25) is 11.8 Å². The lowest BCUT2D eigenvalue weighted by molar-refractivity contribution is -0.145. The fourth-order valence-electron chi connectivity index (χ4n) is 3.20. The number of ether oxygens (including phenoxy) is 2. The van der Waals surface area contributed by atoms with Crippen molar-refractivity contribution in [3.05, 3.63) is 65.7 Å². The van der Waals surface area contributed by atoms with Crippen molar-refractivity contribution in [3.8, 4) is 5.75 Å². The SMILES string of the molecule is CCC[C@H](NC(=O)OCc1ccccc1)C(=O)NCC(=O)N[C@@H](Cc1ccc(O)cc1)C(=O)OC. The maximum absolute atomic E-state index is 12.6. The van der Waals surface area contributed by atoms with E-state index in [4.69, 9.17) is 9.47 Å². The highest BCUT2D eigenvalue weighted by atomic mass is 16.5. The number of phenolic OH excluding ortho intramolecular Hbond substituents is 1. The molecular weight excluding hydrogens is 454 g/mol. The molecule has 0 fully saturated rings. The minimum atomic E-state index is -0.980. The third kappa shape index (κ3) is 9.75. The molecule has 0 aliphatic heterocycles. The molecule has 2 aromatic rings. The molecule has 0 saturated carbocycles. The zero-order valence-electron chi connectivity index (χ0n) is 19.8. The Hall–Kier alpha value is -4.08. The van der Waals surface area contributed by atoms with E-state index >= 15 is 0 Å². The zero-order valence-corrected chi connectivity index (χ0v) is 19.8. The molecule has 3 amide bonds. The van der Waals surface area contributed by atoms with Crippen molar-refractivity contribution >= 4 is 23.9 Å². The maximum Gasteiger partial charge on any atom is 0.408 e. The van der Waals surface area contributed by atoms with E-state index in [9.17, 15) is 24.3 Å². The molecule has 188 valence electrons. The van der Waals surface area contributed by atoms with Crippen LogP contribution in [0.2, 0.25) is 0 Å². The molecule has 10 nitrogen and oxygen atoms in total. The number of carbonyl (C=O) groups excluding carboxylic acids is 4. The summed E-state index contributed by atoms with van der Waals surface area (Å²) in [5, 5.41) is 16.9. The number of amides is 3. The molecule has 0 spiro atoms. The molecule has 0 unspecified atom stereocenters. The number of rotatable bonds is 12. The van der Waals surface area contributed by atoms with Gasteiger partial charge < -0.3 is 30.5 Å². The van der Waals surface area contributed by atoms with E-state index in [-0.39, 0.29) is 18.8 Å². The number of esters is 1. The summed E-state index contributed by atoms with van der Waals surface area (Å²) in [6.45, 7) is 1.52. The predicted molar refractivity (Wildman–Crippen MR) is 127 cm³/mol. The summed E-state index contributed by atoms with van der Waals surface area (Å²) in [6.07, 6.45) is 0.353. The maximum atomic E-state index is 12.6. The molecule has 0 saturated heterocycles. The normalized spacial score (nSPS) is 12.1. The molecule has 2 atom stereocenters. The molecule has 10 heteroatoms. The first-order chi connectivity index (χ1) is 16.8. The largest absolute Gasteiger partial charge is 0.508 e. The second kappa shape index (κ2) is 14.2. The first kappa shape index (κ1) is 27.2. The van der Waals surface area contributed by atoms with Crippen molar-refractivity contribution in [1.29, 1.82) is 0 Å². The molecule has 0 aliphatic rings. The molecule has 2 aromatic carbocycles. The second-order valence-corrected chi connectivity index (χ2v) is 7.78. The molecule has 0 aromatic heterocycles. The van der Waals surface area contributed by atoms with E-state index in [1.54, 1.807) is 12.1 Å². The Kier molecular flexibility index (Phi) is 11.1. The Morgan fingerprint density at radius 1 is 0.914 bits per heavy atom. The summed E-state index contributed by atoms with van der Waals surface area (Å²) >= 11 is 0. The van der Waals surface area contributed by atoms with Crippen LogP contribution in [0.3, 0.4) is 0 Å². The van der Waals surface area contributed by atoms with Gasteiger partial charge in [-0.2, -0.15) is 0 Å².